The first-order valence-corrected chi connectivity index (χ1v) is 9.24. The molecule has 0 spiro atoms. The monoisotopic (exact) mass is 396 g/mol. The molecule has 0 fully saturated rings. The van der Waals surface area contributed by atoms with E-state index in [-0.39, 0.29) is 5.15 Å². The minimum Gasteiger partial charge on any atom is -0.331 e. The standard InChI is InChI=1S/C19H13ClN4O2S/c1-11-6-8-12(9-7-11)22-19-23-16(20)15(27-19)10-21-24-17(25)13-4-2-3-5-14(13)18(24)26/h2-10H,1H3,(H,22,23)/b21-10+. The van der Waals surface area contributed by atoms with Gasteiger partial charge in [0, 0.05) is 5.69 Å². The molecule has 8 heteroatoms. The summed E-state index contributed by atoms with van der Waals surface area (Å²) in [5, 5.41) is 8.87. The number of aryl methyl sites for hydroxylation is 1. The highest BCUT2D eigenvalue weighted by atomic mass is 35.5. The van der Waals surface area contributed by atoms with Crippen molar-refractivity contribution < 1.29 is 9.59 Å². The van der Waals surface area contributed by atoms with Crippen molar-refractivity contribution in [1.29, 1.82) is 0 Å². The Morgan fingerprint density at radius 3 is 2.33 bits per heavy atom. The van der Waals surface area contributed by atoms with Gasteiger partial charge in [-0.3, -0.25) is 9.59 Å². The predicted octanol–water partition coefficient (Wildman–Crippen LogP) is 4.48. The summed E-state index contributed by atoms with van der Waals surface area (Å²) in [4.78, 5) is 29.4. The summed E-state index contributed by atoms with van der Waals surface area (Å²) >= 11 is 7.44. The molecule has 3 aromatic rings. The minimum atomic E-state index is -0.453. The van der Waals surface area contributed by atoms with E-state index in [9.17, 15) is 9.59 Å². The number of aromatic nitrogens is 1. The lowest BCUT2D eigenvalue weighted by molar-refractivity contribution is 0.0660. The third-order valence-corrected chi connectivity index (χ3v) is 5.28. The number of benzene rings is 2. The number of carbonyl (C=O) groups is 2. The summed E-state index contributed by atoms with van der Waals surface area (Å²) in [6, 6.07) is 14.5. The van der Waals surface area contributed by atoms with E-state index < -0.39 is 11.8 Å². The van der Waals surface area contributed by atoms with Crippen molar-refractivity contribution in [2.24, 2.45) is 5.10 Å². The second-order valence-corrected chi connectivity index (χ2v) is 7.27. The maximum absolute atomic E-state index is 12.3. The summed E-state index contributed by atoms with van der Waals surface area (Å²) < 4.78 is 0. The van der Waals surface area contributed by atoms with Crippen molar-refractivity contribution in [3.63, 3.8) is 0 Å². The SMILES string of the molecule is Cc1ccc(Nc2nc(Cl)c(/C=N/N3C(=O)c4ccccc4C3=O)s2)cc1. The van der Waals surface area contributed by atoms with Gasteiger partial charge in [-0.05, 0) is 31.2 Å². The third-order valence-electron chi connectivity index (χ3n) is 3.98. The van der Waals surface area contributed by atoms with E-state index in [0.29, 0.717) is 21.1 Å². The van der Waals surface area contributed by atoms with Gasteiger partial charge in [0.25, 0.3) is 11.8 Å². The summed E-state index contributed by atoms with van der Waals surface area (Å²) in [6.45, 7) is 2.01. The van der Waals surface area contributed by atoms with Crippen molar-refractivity contribution in [1.82, 2.24) is 9.99 Å². The lowest BCUT2D eigenvalue weighted by atomic mass is 10.1. The molecule has 1 N–H and O–H groups in total. The van der Waals surface area contributed by atoms with Gasteiger partial charge in [-0.15, -0.1) is 0 Å². The van der Waals surface area contributed by atoms with E-state index in [1.165, 1.54) is 17.6 Å². The molecule has 2 heterocycles. The topological polar surface area (TPSA) is 74.7 Å². The van der Waals surface area contributed by atoms with Crippen LogP contribution in [0.15, 0.2) is 53.6 Å². The van der Waals surface area contributed by atoms with Crippen LogP contribution in [0.3, 0.4) is 0 Å². The Morgan fingerprint density at radius 1 is 1.07 bits per heavy atom. The number of halogens is 1. The molecule has 0 unspecified atom stereocenters. The van der Waals surface area contributed by atoms with Gasteiger partial charge in [0.15, 0.2) is 10.3 Å². The van der Waals surface area contributed by atoms with Crippen LogP contribution < -0.4 is 5.32 Å². The van der Waals surface area contributed by atoms with Crippen molar-refractivity contribution in [3.05, 3.63) is 75.3 Å². The smallest absolute Gasteiger partial charge is 0.282 e. The Kier molecular flexibility index (Phi) is 4.47. The van der Waals surface area contributed by atoms with Gasteiger partial charge in [0.2, 0.25) is 0 Å². The Hall–Kier alpha value is -3.03. The van der Waals surface area contributed by atoms with E-state index in [1.807, 2.05) is 31.2 Å². The highest BCUT2D eigenvalue weighted by Crippen LogP contribution is 2.29. The summed E-state index contributed by atoms with van der Waals surface area (Å²) in [6.07, 6.45) is 1.38. The number of nitrogens with one attached hydrogen (secondary N) is 1. The van der Waals surface area contributed by atoms with Crippen molar-refractivity contribution in [3.8, 4) is 0 Å². The van der Waals surface area contributed by atoms with Crippen LogP contribution in [0.4, 0.5) is 10.8 Å². The van der Waals surface area contributed by atoms with Crippen LogP contribution >= 0.6 is 22.9 Å². The fourth-order valence-electron chi connectivity index (χ4n) is 2.60. The maximum Gasteiger partial charge on any atom is 0.282 e. The Labute approximate surface area is 164 Å². The molecular formula is C19H13ClN4O2S. The number of imide groups is 1. The number of hydrogen-bond donors (Lipinski definition) is 1. The van der Waals surface area contributed by atoms with Gasteiger partial charge in [-0.25, -0.2) is 4.98 Å². The molecule has 6 nitrogen and oxygen atoms in total. The number of anilines is 2. The molecule has 4 rings (SSSR count). The van der Waals surface area contributed by atoms with Crippen LogP contribution in [0.5, 0.6) is 0 Å². The summed E-state index contributed by atoms with van der Waals surface area (Å²) in [7, 11) is 0. The summed E-state index contributed by atoms with van der Waals surface area (Å²) in [5.41, 5.74) is 2.73. The van der Waals surface area contributed by atoms with E-state index in [2.05, 4.69) is 15.4 Å². The molecule has 2 amide bonds. The van der Waals surface area contributed by atoms with Crippen LogP contribution in [-0.2, 0) is 0 Å². The van der Waals surface area contributed by atoms with Gasteiger partial charge in [0.05, 0.1) is 22.2 Å². The molecule has 0 atom stereocenters. The van der Waals surface area contributed by atoms with Crippen molar-refractivity contribution in [2.45, 2.75) is 6.92 Å². The average molecular weight is 397 g/mol. The van der Waals surface area contributed by atoms with Gasteiger partial charge >= 0.3 is 0 Å². The van der Waals surface area contributed by atoms with Crippen molar-refractivity contribution >= 4 is 51.8 Å². The van der Waals surface area contributed by atoms with E-state index in [0.717, 1.165) is 16.3 Å². The zero-order valence-corrected chi connectivity index (χ0v) is 15.7. The quantitative estimate of drug-likeness (QED) is 0.521. The number of thiazole rings is 1. The molecule has 1 aromatic heterocycles. The van der Waals surface area contributed by atoms with Crippen molar-refractivity contribution in [2.75, 3.05) is 5.32 Å². The summed E-state index contributed by atoms with van der Waals surface area (Å²) in [5.74, 6) is -0.906. The molecule has 0 bridgehead atoms. The number of hydrogen-bond acceptors (Lipinski definition) is 6. The number of carbonyl (C=O) groups excluding carboxylic acids is 2. The lowest BCUT2D eigenvalue weighted by Crippen LogP contribution is -2.23. The van der Waals surface area contributed by atoms with Crippen LogP contribution in [-0.4, -0.2) is 28.0 Å². The largest absolute Gasteiger partial charge is 0.331 e. The lowest BCUT2D eigenvalue weighted by Gasteiger charge is -2.04. The molecular weight excluding hydrogens is 384 g/mol. The van der Waals surface area contributed by atoms with Gasteiger partial charge in [-0.1, -0.05) is 52.8 Å². The molecule has 1 aliphatic rings. The number of nitrogens with zero attached hydrogens (tertiary/aromatic N) is 3. The van der Waals surface area contributed by atoms with E-state index >= 15 is 0 Å². The Morgan fingerprint density at radius 2 is 1.70 bits per heavy atom. The fourth-order valence-corrected chi connectivity index (χ4v) is 3.64. The van der Waals surface area contributed by atoms with Gasteiger partial charge < -0.3 is 5.32 Å². The molecule has 27 heavy (non-hydrogen) atoms. The second-order valence-electron chi connectivity index (χ2n) is 5.88. The van der Waals surface area contributed by atoms with Crippen LogP contribution in [0.2, 0.25) is 5.15 Å². The van der Waals surface area contributed by atoms with Gasteiger partial charge in [0.1, 0.15) is 0 Å². The molecule has 0 saturated heterocycles. The van der Waals surface area contributed by atoms with Crippen LogP contribution in [0.25, 0.3) is 0 Å². The zero-order valence-electron chi connectivity index (χ0n) is 14.1. The normalized spacial score (nSPS) is 13.5. The fraction of sp³-hybridized carbons (Fsp3) is 0.0526. The van der Waals surface area contributed by atoms with E-state index in [4.69, 9.17) is 11.6 Å². The molecule has 0 aliphatic carbocycles. The highest BCUT2D eigenvalue weighted by molar-refractivity contribution is 7.17. The minimum absolute atomic E-state index is 0.245. The Bertz CT molecular complexity index is 1040. The first-order chi connectivity index (χ1) is 13.0. The van der Waals surface area contributed by atoms with E-state index in [1.54, 1.807) is 24.3 Å². The first kappa shape index (κ1) is 17.4. The molecule has 0 saturated carbocycles. The van der Waals surface area contributed by atoms with Crippen LogP contribution in [0, 0.1) is 6.92 Å². The zero-order chi connectivity index (χ0) is 19.0. The average Bonchev–Trinajstić information content (AvgIpc) is 3.13. The highest BCUT2D eigenvalue weighted by Gasteiger charge is 2.35. The predicted molar refractivity (Wildman–Crippen MR) is 106 cm³/mol. The maximum atomic E-state index is 12.3. The van der Waals surface area contributed by atoms with Gasteiger partial charge in [-0.2, -0.15) is 10.1 Å². The number of hydrazone groups is 1. The molecule has 2 aromatic carbocycles. The number of amides is 2. The molecule has 134 valence electrons. The number of rotatable bonds is 4. The second kappa shape index (κ2) is 6.94. The Balaban J connectivity index is 1.53. The first-order valence-electron chi connectivity index (χ1n) is 8.05. The van der Waals surface area contributed by atoms with Crippen LogP contribution in [0.1, 0.15) is 31.2 Å². The molecule has 1 aliphatic heterocycles. The third kappa shape index (κ3) is 3.34. The number of fused-ring (bicyclic) bond motifs is 1. The molecule has 0 radical (unpaired) electrons.